The average molecular weight is 487 g/mol. The Bertz CT molecular complexity index is 1330. The molecule has 1 aromatic heterocycles. The van der Waals surface area contributed by atoms with Crippen LogP contribution in [-0.4, -0.2) is 21.9 Å². The third-order valence-corrected chi connectivity index (χ3v) is 6.45. The van der Waals surface area contributed by atoms with Crippen molar-refractivity contribution in [2.45, 2.75) is 12.1 Å². The first-order valence-electron chi connectivity index (χ1n) is 10.3. The third kappa shape index (κ3) is 3.00. The fourth-order valence-electron chi connectivity index (χ4n) is 4.44. The first-order chi connectivity index (χ1) is 15.7. The molecule has 0 saturated carbocycles. The molecule has 32 heavy (non-hydrogen) atoms. The van der Waals surface area contributed by atoms with Crippen LogP contribution in [0.3, 0.4) is 0 Å². The van der Waals surface area contributed by atoms with Crippen molar-refractivity contribution in [1.29, 1.82) is 0 Å². The van der Waals surface area contributed by atoms with Crippen LogP contribution in [0.2, 0.25) is 0 Å². The Hall–Kier alpha value is -3.58. The predicted octanol–water partition coefficient (Wildman–Crippen LogP) is 5.61. The number of hydrogen-bond acceptors (Lipinski definition) is 5. The Kier molecular flexibility index (Phi) is 4.50. The SMILES string of the molecule is COc1ccc(C2Oc3ccccc3C3=C2C(c2ccc(Br)cc2)n2ncnc2N3)cc1. The number of halogens is 1. The van der Waals surface area contributed by atoms with Crippen molar-refractivity contribution in [1.82, 2.24) is 14.8 Å². The maximum Gasteiger partial charge on any atom is 0.226 e. The molecule has 0 spiro atoms. The standard InChI is InChI=1S/C25H19BrN4O2/c1-31-18-12-8-16(9-13-18)24-21-22(19-4-2-3-5-20(19)32-24)29-25-27-14-28-30(25)23(21)15-6-10-17(26)11-7-15/h2-14,23-24H,1H3,(H,27,28,29). The number of methoxy groups -OCH3 is 1. The molecule has 0 bridgehead atoms. The monoisotopic (exact) mass is 486 g/mol. The molecule has 6 nitrogen and oxygen atoms in total. The molecule has 3 heterocycles. The number of nitrogens with zero attached hydrogens (tertiary/aromatic N) is 3. The average Bonchev–Trinajstić information content (AvgIpc) is 3.31. The molecule has 7 heteroatoms. The van der Waals surface area contributed by atoms with Gasteiger partial charge in [-0.3, -0.25) is 0 Å². The van der Waals surface area contributed by atoms with Gasteiger partial charge in [-0.2, -0.15) is 10.1 Å². The van der Waals surface area contributed by atoms with Gasteiger partial charge < -0.3 is 14.8 Å². The van der Waals surface area contributed by atoms with Gasteiger partial charge in [-0.25, -0.2) is 4.68 Å². The van der Waals surface area contributed by atoms with E-state index in [4.69, 9.17) is 9.47 Å². The van der Waals surface area contributed by atoms with Crippen molar-refractivity contribution in [3.63, 3.8) is 0 Å². The van der Waals surface area contributed by atoms with E-state index in [-0.39, 0.29) is 12.1 Å². The Balaban J connectivity index is 1.60. The molecule has 0 aliphatic carbocycles. The maximum atomic E-state index is 6.62. The molecule has 158 valence electrons. The second kappa shape index (κ2) is 7.53. The van der Waals surface area contributed by atoms with Crippen LogP contribution in [-0.2, 0) is 0 Å². The molecule has 1 N–H and O–H groups in total. The molecule has 2 atom stereocenters. The number of para-hydroxylation sites is 1. The number of hydrogen-bond donors (Lipinski definition) is 1. The second-order valence-electron chi connectivity index (χ2n) is 7.70. The van der Waals surface area contributed by atoms with E-state index in [9.17, 15) is 0 Å². The highest BCUT2D eigenvalue weighted by atomic mass is 79.9. The van der Waals surface area contributed by atoms with Gasteiger partial charge in [0.25, 0.3) is 0 Å². The summed E-state index contributed by atoms with van der Waals surface area (Å²) in [5, 5.41) is 8.08. The molecule has 6 rings (SSSR count). The summed E-state index contributed by atoms with van der Waals surface area (Å²) < 4.78 is 14.9. The van der Waals surface area contributed by atoms with Crippen molar-refractivity contribution in [3.05, 3.63) is 106 Å². The van der Waals surface area contributed by atoms with Gasteiger partial charge in [0.05, 0.1) is 12.8 Å². The van der Waals surface area contributed by atoms with Crippen molar-refractivity contribution >= 4 is 27.6 Å². The van der Waals surface area contributed by atoms with E-state index in [1.54, 1.807) is 13.4 Å². The molecule has 2 aliphatic rings. The Morgan fingerprint density at radius 1 is 0.969 bits per heavy atom. The van der Waals surface area contributed by atoms with Crippen molar-refractivity contribution < 1.29 is 9.47 Å². The minimum absolute atomic E-state index is 0.169. The van der Waals surface area contributed by atoms with E-state index in [0.717, 1.165) is 43.9 Å². The Labute approximate surface area is 193 Å². The van der Waals surface area contributed by atoms with Crippen LogP contribution >= 0.6 is 15.9 Å². The molecule has 0 radical (unpaired) electrons. The first-order valence-corrected chi connectivity index (χ1v) is 11.1. The number of aromatic nitrogens is 3. The summed E-state index contributed by atoms with van der Waals surface area (Å²) in [6.45, 7) is 0. The molecule has 2 aliphatic heterocycles. The highest BCUT2D eigenvalue weighted by molar-refractivity contribution is 9.10. The zero-order valence-corrected chi connectivity index (χ0v) is 18.8. The fraction of sp³-hybridized carbons (Fsp3) is 0.120. The van der Waals surface area contributed by atoms with Gasteiger partial charge in [0.15, 0.2) is 0 Å². The summed E-state index contributed by atoms with van der Waals surface area (Å²) in [5.74, 6) is 2.35. The van der Waals surface area contributed by atoms with Crippen LogP contribution < -0.4 is 14.8 Å². The number of anilines is 1. The topological polar surface area (TPSA) is 61.2 Å². The zero-order chi connectivity index (χ0) is 21.7. The predicted molar refractivity (Wildman–Crippen MR) is 126 cm³/mol. The summed E-state index contributed by atoms with van der Waals surface area (Å²) in [6.07, 6.45) is 1.28. The lowest BCUT2D eigenvalue weighted by atomic mass is 9.84. The summed E-state index contributed by atoms with van der Waals surface area (Å²) in [5.41, 5.74) is 5.27. The van der Waals surface area contributed by atoms with E-state index in [0.29, 0.717) is 5.95 Å². The minimum atomic E-state index is -0.302. The lowest BCUT2D eigenvalue weighted by Crippen LogP contribution is -2.32. The van der Waals surface area contributed by atoms with Gasteiger partial charge in [-0.15, -0.1) is 0 Å². The molecular formula is C25H19BrN4O2. The van der Waals surface area contributed by atoms with E-state index in [1.165, 1.54) is 0 Å². The summed E-state index contributed by atoms with van der Waals surface area (Å²) in [4.78, 5) is 4.47. The number of nitrogens with one attached hydrogen (secondary N) is 1. The third-order valence-electron chi connectivity index (χ3n) is 5.93. The molecular weight excluding hydrogens is 468 g/mol. The first kappa shape index (κ1) is 19.1. The van der Waals surface area contributed by atoms with Gasteiger partial charge in [-0.05, 0) is 47.5 Å². The highest BCUT2D eigenvalue weighted by Crippen LogP contribution is 2.50. The van der Waals surface area contributed by atoms with Gasteiger partial charge in [0.1, 0.15) is 30.0 Å². The molecule has 0 fully saturated rings. The normalized spacial score (nSPS) is 18.7. The number of benzene rings is 3. The van der Waals surface area contributed by atoms with E-state index < -0.39 is 0 Å². The zero-order valence-electron chi connectivity index (χ0n) is 17.2. The quantitative estimate of drug-likeness (QED) is 0.407. The van der Waals surface area contributed by atoms with Crippen LogP contribution in [0.1, 0.15) is 28.8 Å². The van der Waals surface area contributed by atoms with Crippen LogP contribution in [0, 0.1) is 0 Å². The second-order valence-corrected chi connectivity index (χ2v) is 8.62. The van der Waals surface area contributed by atoms with E-state index >= 15 is 0 Å². The van der Waals surface area contributed by atoms with Crippen molar-refractivity contribution in [2.75, 3.05) is 12.4 Å². The molecule has 2 unspecified atom stereocenters. The molecule has 0 saturated heterocycles. The summed E-state index contributed by atoms with van der Waals surface area (Å²) in [7, 11) is 1.67. The van der Waals surface area contributed by atoms with Crippen LogP contribution in [0.5, 0.6) is 11.5 Å². The van der Waals surface area contributed by atoms with E-state index in [2.05, 4.69) is 61.7 Å². The molecule has 0 amide bonds. The van der Waals surface area contributed by atoms with Gasteiger partial charge in [0, 0.05) is 15.6 Å². The van der Waals surface area contributed by atoms with Crippen molar-refractivity contribution in [2.24, 2.45) is 0 Å². The van der Waals surface area contributed by atoms with Crippen LogP contribution in [0.15, 0.2) is 89.2 Å². The fourth-order valence-corrected chi connectivity index (χ4v) is 4.70. The van der Waals surface area contributed by atoms with E-state index in [1.807, 2.05) is 47.1 Å². The number of rotatable bonds is 3. The smallest absolute Gasteiger partial charge is 0.226 e. The lowest BCUT2D eigenvalue weighted by molar-refractivity contribution is 0.223. The highest BCUT2D eigenvalue weighted by Gasteiger charge is 2.40. The van der Waals surface area contributed by atoms with Crippen LogP contribution in [0.25, 0.3) is 5.70 Å². The number of fused-ring (bicyclic) bond motifs is 3. The Morgan fingerprint density at radius 2 is 1.72 bits per heavy atom. The lowest BCUT2D eigenvalue weighted by Gasteiger charge is -2.39. The van der Waals surface area contributed by atoms with Gasteiger partial charge in [-0.1, -0.05) is 52.3 Å². The molecule has 4 aromatic rings. The number of ether oxygens (including phenoxy) is 2. The maximum absolute atomic E-state index is 6.62. The van der Waals surface area contributed by atoms with Crippen LogP contribution in [0.4, 0.5) is 5.95 Å². The summed E-state index contributed by atoms with van der Waals surface area (Å²) >= 11 is 3.55. The largest absolute Gasteiger partial charge is 0.497 e. The van der Waals surface area contributed by atoms with Gasteiger partial charge in [0.2, 0.25) is 5.95 Å². The van der Waals surface area contributed by atoms with Gasteiger partial charge >= 0.3 is 0 Å². The molecule has 3 aromatic carbocycles. The van der Waals surface area contributed by atoms with Crippen molar-refractivity contribution in [3.8, 4) is 11.5 Å². The Morgan fingerprint density at radius 3 is 2.50 bits per heavy atom. The summed E-state index contributed by atoms with van der Waals surface area (Å²) in [6, 6.07) is 24.3. The minimum Gasteiger partial charge on any atom is -0.497 e.